The van der Waals surface area contributed by atoms with Crippen molar-refractivity contribution in [2.45, 2.75) is 6.92 Å². The summed E-state index contributed by atoms with van der Waals surface area (Å²) in [6, 6.07) is 23.9. The number of ether oxygens (including phenoxy) is 2. The minimum Gasteiger partial charge on any atom is -0.492 e. The number of carbonyl (C=O) groups excluding carboxylic acids is 1. The third-order valence-corrected chi connectivity index (χ3v) is 6.22. The van der Waals surface area contributed by atoms with Gasteiger partial charge in [-0.05, 0) is 37.3 Å². The number of hydrogen-bond acceptors (Lipinski definition) is 5. The molecule has 0 N–H and O–H groups in total. The van der Waals surface area contributed by atoms with Crippen molar-refractivity contribution < 1.29 is 14.3 Å². The zero-order chi connectivity index (χ0) is 21.9. The molecule has 3 aromatic carbocycles. The monoisotopic (exact) mass is 442 g/mol. The second kappa shape index (κ2) is 8.85. The van der Waals surface area contributed by atoms with Crippen molar-refractivity contribution in [2.75, 3.05) is 24.7 Å². The first kappa shape index (κ1) is 20.3. The SMILES string of the molecule is Cc1ccc(OCCN2C(=O)COc3ccc(-c4csc(-c5ccccc5)n4)cc32)cc1. The molecule has 1 amide bonds. The van der Waals surface area contributed by atoms with Gasteiger partial charge in [-0.1, -0.05) is 48.0 Å². The molecule has 1 aliphatic rings. The molecule has 0 saturated carbocycles. The van der Waals surface area contributed by atoms with Crippen molar-refractivity contribution in [1.29, 1.82) is 0 Å². The fraction of sp³-hybridized carbons (Fsp3) is 0.154. The van der Waals surface area contributed by atoms with E-state index in [9.17, 15) is 4.79 Å². The van der Waals surface area contributed by atoms with Gasteiger partial charge >= 0.3 is 0 Å². The number of aromatic nitrogens is 1. The summed E-state index contributed by atoms with van der Waals surface area (Å²) in [6.07, 6.45) is 0. The molecule has 0 fully saturated rings. The molecule has 5 nitrogen and oxygen atoms in total. The highest BCUT2D eigenvalue weighted by atomic mass is 32.1. The van der Waals surface area contributed by atoms with Gasteiger partial charge in [0.1, 0.15) is 23.1 Å². The van der Waals surface area contributed by atoms with E-state index in [1.807, 2.05) is 73.0 Å². The molecule has 160 valence electrons. The highest BCUT2D eigenvalue weighted by molar-refractivity contribution is 7.13. The molecule has 0 aliphatic carbocycles. The van der Waals surface area contributed by atoms with Gasteiger partial charge in [-0.3, -0.25) is 4.79 Å². The molecule has 1 aliphatic heterocycles. The summed E-state index contributed by atoms with van der Waals surface area (Å²) >= 11 is 1.61. The number of thiazole rings is 1. The largest absolute Gasteiger partial charge is 0.492 e. The van der Waals surface area contributed by atoms with E-state index in [-0.39, 0.29) is 12.5 Å². The number of fused-ring (bicyclic) bond motifs is 1. The second-order valence-corrected chi connectivity index (χ2v) is 8.44. The minimum absolute atomic E-state index is 0.0335. The van der Waals surface area contributed by atoms with Gasteiger partial charge in [-0.15, -0.1) is 11.3 Å². The second-order valence-electron chi connectivity index (χ2n) is 7.58. The van der Waals surface area contributed by atoms with E-state index >= 15 is 0 Å². The van der Waals surface area contributed by atoms with Crippen LogP contribution in [-0.4, -0.2) is 30.6 Å². The smallest absolute Gasteiger partial charge is 0.265 e. The van der Waals surface area contributed by atoms with Crippen molar-refractivity contribution in [1.82, 2.24) is 4.98 Å². The Bertz CT molecular complexity index is 1240. The van der Waals surface area contributed by atoms with Crippen LogP contribution in [0.1, 0.15) is 5.56 Å². The number of rotatable bonds is 6. The molecule has 5 rings (SSSR count). The van der Waals surface area contributed by atoms with E-state index in [2.05, 4.69) is 12.1 Å². The summed E-state index contributed by atoms with van der Waals surface area (Å²) in [7, 11) is 0. The highest BCUT2D eigenvalue weighted by Crippen LogP contribution is 2.37. The van der Waals surface area contributed by atoms with Crippen molar-refractivity contribution in [3.8, 4) is 33.3 Å². The molecule has 32 heavy (non-hydrogen) atoms. The van der Waals surface area contributed by atoms with E-state index in [1.54, 1.807) is 16.2 Å². The van der Waals surface area contributed by atoms with E-state index < -0.39 is 0 Å². The average Bonchev–Trinajstić information content (AvgIpc) is 3.32. The zero-order valence-corrected chi connectivity index (χ0v) is 18.5. The molecule has 1 aromatic heterocycles. The van der Waals surface area contributed by atoms with Crippen molar-refractivity contribution in [2.24, 2.45) is 0 Å². The van der Waals surface area contributed by atoms with Crippen LogP contribution < -0.4 is 14.4 Å². The van der Waals surface area contributed by atoms with Crippen LogP contribution in [0.15, 0.2) is 78.2 Å². The maximum atomic E-state index is 12.6. The van der Waals surface area contributed by atoms with Crippen LogP contribution in [0, 0.1) is 6.92 Å². The molecule has 0 atom stereocenters. The van der Waals surface area contributed by atoms with Crippen LogP contribution in [0.2, 0.25) is 0 Å². The van der Waals surface area contributed by atoms with Gasteiger partial charge in [0.2, 0.25) is 0 Å². The maximum Gasteiger partial charge on any atom is 0.265 e. The third kappa shape index (κ3) is 4.22. The number of carbonyl (C=O) groups is 1. The van der Waals surface area contributed by atoms with Gasteiger partial charge in [-0.2, -0.15) is 0 Å². The zero-order valence-electron chi connectivity index (χ0n) is 17.7. The summed E-state index contributed by atoms with van der Waals surface area (Å²) in [5.74, 6) is 1.41. The lowest BCUT2D eigenvalue weighted by atomic mass is 10.1. The Hall–Kier alpha value is -3.64. The minimum atomic E-state index is -0.0783. The molecule has 2 heterocycles. The Morgan fingerprint density at radius 2 is 1.84 bits per heavy atom. The van der Waals surface area contributed by atoms with E-state index in [0.717, 1.165) is 33.3 Å². The standard InChI is InChI=1S/C26H22N2O3S/c1-18-7-10-21(11-8-18)30-14-13-28-23-15-20(9-12-24(23)31-16-25(28)29)22-17-32-26(27-22)19-5-3-2-4-6-19/h2-12,15,17H,13-14,16H2,1H3. The Kier molecular flexibility index (Phi) is 5.60. The van der Waals surface area contributed by atoms with Crippen LogP contribution in [-0.2, 0) is 4.79 Å². The molecule has 0 unspecified atom stereocenters. The number of amides is 1. The lowest BCUT2D eigenvalue weighted by Crippen LogP contribution is -2.41. The van der Waals surface area contributed by atoms with Crippen LogP contribution in [0.3, 0.4) is 0 Å². The fourth-order valence-corrected chi connectivity index (χ4v) is 4.45. The molecular formula is C26H22N2O3S. The molecule has 0 radical (unpaired) electrons. The van der Waals surface area contributed by atoms with Gasteiger partial charge in [0.15, 0.2) is 6.61 Å². The van der Waals surface area contributed by atoms with Crippen molar-refractivity contribution >= 4 is 22.9 Å². The number of anilines is 1. The van der Waals surface area contributed by atoms with E-state index in [1.165, 1.54) is 5.56 Å². The Balaban J connectivity index is 1.36. The maximum absolute atomic E-state index is 12.6. The van der Waals surface area contributed by atoms with E-state index in [4.69, 9.17) is 14.5 Å². The Morgan fingerprint density at radius 3 is 2.66 bits per heavy atom. The Labute approximate surface area is 190 Å². The van der Waals surface area contributed by atoms with Gasteiger partial charge in [-0.25, -0.2) is 4.98 Å². The first-order valence-corrected chi connectivity index (χ1v) is 11.3. The fourth-order valence-electron chi connectivity index (χ4n) is 3.62. The van der Waals surface area contributed by atoms with Gasteiger partial charge in [0.25, 0.3) is 5.91 Å². The molecule has 0 spiro atoms. The summed E-state index contributed by atoms with van der Waals surface area (Å²) in [6.45, 7) is 2.91. The quantitative estimate of drug-likeness (QED) is 0.391. The van der Waals surface area contributed by atoms with Crippen LogP contribution in [0.4, 0.5) is 5.69 Å². The summed E-state index contributed by atoms with van der Waals surface area (Å²) in [4.78, 5) is 19.2. The molecule has 6 heteroatoms. The van der Waals surface area contributed by atoms with Crippen molar-refractivity contribution in [3.63, 3.8) is 0 Å². The number of aryl methyl sites for hydroxylation is 1. The predicted molar refractivity (Wildman–Crippen MR) is 128 cm³/mol. The molecule has 4 aromatic rings. The average molecular weight is 443 g/mol. The molecule has 0 bridgehead atoms. The molecular weight excluding hydrogens is 420 g/mol. The summed E-state index contributed by atoms with van der Waals surface area (Å²) in [5, 5.41) is 3.01. The first-order chi connectivity index (χ1) is 15.7. The number of nitrogens with zero attached hydrogens (tertiary/aromatic N) is 2. The van der Waals surface area contributed by atoms with Crippen LogP contribution >= 0.6 is 11.3 Å². The third-order valence-electron chi connectivity index (χ3n) is 5.33. The Morgan fingerprint density at radius 1 is 1.03 bits per heavy atom. The highest BCUT2D eigenvalue weighted by Gasteiger charge is 2.26. The predicted octanol–water partition coefficient (Wildman–Crippen LogP) is 5.59. The normalized spacial score (nSPS) is 12.9. The topological polar surface area (TPSA) is 51.7 Å². The molecule has 0 saturated heterocycles. The number of benzene rings is 3. The van der Waals surface area contributed by atoms with Crippen LogP contribution in [0.5, 0.6) is 11.5 Å². The summed E-state index contributed by atoms with van der Waals surface area (Å²) < 4.78 is 11.5. The van der Waals surface area contributed by atoms with E-state index in [0.29, 0.717) is 18.9 Å². The van der Waals surface area contributed by atoms with Gasteiger partial charge in [0, 0.05) is 16.5 Å². The first-order valence-electron chi connectivity index (χ1n) is 10.5. The van der Waals surface area contributed by atoms with Gasteiger partial charge in [0.05, 0.1) is 17.9 Å². The number of hydrogen-bond donors (Lipinski definition) is 0. The van der Waals surface area contributed by atoms with Gasteiger partial charge < -0.3 is 14.4 Å². The lowest BCUT2D eigenvalue weighted by molar-refractivity contribution is -0.121. The van der Waals surface area contributed by atoms with Crippen LogP contribution in [0.25, 0.3) is 21.8 Å². The lowest BCUT2D eigenvalue weighted by Gasteiger charge is -2.29. The summed E-state index contributed by atoms with van der Waals surface area (Å²) in [5.41, 5.74) is 4.85. The van der Waals surface area contributed by atoms with Crippen molar-refractivity contribution in [3.05, 3.63) is 83.7 Å².